The Labute approximate surface area is 272 Å². The molecule has 0 spiro atoms. The quantitative estimate of drug-likeness (QED) is 0.160. The number of carboxylic acids is 1. The zero-order valence-electron chi connectivity index (χ0n) is 25.9. The molecule has 1 fully saturated rings. The predicted octanol–water partition coefficient (Wildman–Crippen LogP) is 7.41. The zero-order chi connectivity index (χ0) is 33.1. The minimum Gasteiger partial charge on any atom is -0.495 e. The number of amides is 1. The van der Waals surface area contributed by atoms with E-state index in [1.165, 1.54) is 37.4 Å². The summed E-state index contributed by atoms with van der Waals surface area (Å²) in [4.78, 5) is 25.9. The van der Waals surface area contributed by atoms with Gasteiger partial charge in [-0.2, -0.15) is 0 Å². The fraction of sp³-hybridized carbons (Fsp3) is 0.412. The SMILES string of the molecule is CCCNC[C@]1(c2ccc(Cl)cc2F)[C@H](CC(C)(C)C)N[C@@H](C(=O)Nc2ccc(C(=O)O)cc2OC)[C@@H]1c1cccc(Cl)c1F. The summed E-state index contributed by atoms with van der Waals surface area (Å²) < 4.78 is 37.7. The number of anilines is 1. The van der Waals surface area contributed by atoms with Gasteiger partial charge in [-0.05, 0) is 72.3 Å². The molecular formula is C34H39Cl2F2N3O4. The molecule has 0 bridgehead atoms. The molecule has 4 N–H and O–H groups in total. The molecule has 0 unspecified atom stereocenters. The van der Waals surface area contributed by atoms with Crippen molar-refractivity contribution >= 4 is 40.8 Å². The normalized spacial score (nSPS) is 21.5. The monoisotopic (exact) mass is 661 g/mol. The Kier molecular flexibility index (Phi) is 10.8. The Bertz CT molecular complexity index is 1560. The molecule has 45 heavy (non-hydrogen) atoms. The van der Waals surface area contributed by atoms with Crippen LogP contribution >= 0.6 is 23.2 Å². The van der Waals surface area contributed by atoms with Gasteiger partial charge in [0.25, 0.3) is 0 Å². The van der Waals surface area contributed by atoms with E-state index in [0.29, 0.717) is 18.5 Å². The highest BCUT2D eigenvalue weighted by Crippen LogP contribution is 2.53. The van der Waals surface area contributed by atoms with Crippen LogP contribution in [-0.2, 0) is 10.2 Å². The number of carboxylic acid groups (broad SMARTS) is 1. The number of carbonyl (C=O) groups is 2. The van der Waals surface area contributed by atoms with Gasteiger partial charge in [0.05, 0.1) is 29.4 Å². The fourth-order valence-electron chi connectivity index (χ4n) is 6.43. The van der Waals surface area contributed by atoms with Crippen LogP contribution in [-0.4, -0.2) is 49.3 Å². The third-order valence-electron chi connectivity index (χ3n) is 8.29. The Morgan fingerprint density at radius 3 is 2.44 bits per heavy atom. The lowest BCUT2D eigenvalue weighted by Crippen LogP contribution is -2.52. The number of nitrogens with one attached hydrogen (secondary N) is 3. The van der Waals surface area contributed by atoms with E-state index in [1.807, 2.05) is 27.7 Å². The summed E-state index contributed by atoms with van der Waals surface area (Å²) in [5.74, 6) is -3.77. The van der Waals surface area contributed by atoms with E-state index in [-0.39, 0.29) is 44.6 Å². The molecule has 1 heterocycles. The van der Waals surface area contributed by atoms with Gasteiger partial charge in [-0.1, -0.05) is 69.1 Å². The van der Waals surface area contributed by atoms with Crippen molar-refractivity contribution in [3.05, 3.63) is 93.0 Å². The van der Waals surface area contributed by atoms with Crippen LogP contribution in [0.25, 0.3) is 0 Å². The van der Waals surface area contributed by atoms with Crippen LogP contribution in [0.1, 0.15) is 67.9 Å². The second kappa shape index (κ2) is 14.0. The first kappa shape index (κ1) is 34.6. The van der Waals surface area contributed by atoms with E-state index >= 15 is 8.78 Å². The highest BCUT2D eigenvalue weighted by molar-refractivity contribution is 6.31. The second-order valence-corrected chi connectivity index (χ2v) is 13.5. The molecule has 1 amide bonds. The smallest absolute Gasteiger partial charge is 0.335 e. The third kappa shape index (κ3) is 7.27. The van der Waals surface area contributed by atoms with Gasteiger partial charge in [-0.15, -0.1) is 0 Å². The van der Waals surface area contributed by atoms with Crippen LogP contribution in [0.5, 0.6) is 5.75 Å². The van der Waals surface area contributed by atoms with Gasteiger partial charge in [0.1, 0.15) is 17.4 Å². The largest absolute Gasteiger partial charge is 0.495 e. The maximum absolute atomic E-state index is 16.2. The Balaban J connectivity index is 1.98. The summed E-state index contributed by atoms with van der Waals surface area (Å²) >= 11 is 12.5. The Morgan fingerprint density at radius 2 is 1.82 bits per heavy atom. The van der Waals surface area contributed by atoms with E-state index in [1.54, 1.807) is 24.3 Å². The molecule has 4 rings (SSSR count). The van der Waals surface area contributed by atoms with Crippen LogP contribution in [0.4, 0.5) is 14.5 Å². The molecule has 4 atom stereocenters. The van der Waals surface area contributed by atoms with Crippen molar-refractivity contribution in [2.75, 3.05) is 25.5 Å². The highest BCUT2D eigenvalue weighted by Gasteiger charge is 2.60. The number of benzene rings is 3. The molecule has 1 saturated heterocycles. The number of methoxy groups -OCH3 is 1. The van der Waals surface area contributed by atoms with Crippen LogP contribution in [0.3, 0.4) is 0 Å². The minimum absolute atomic E-state index is 0.0211. The number of aromatic carboxylic acids is 1. The van der Waals surface area contributed by atoms with Crippen LogP contribution in [0.2, 0.25) is 10.0 Å². The number of ether oxygens (including phenoxy) is 1. The van der Waals surface area contributed by atoms with Crippen molar-refractivity contribution in [1.29, 1.82) is 0 Å². The van der Waals surface area contributed by atoms with E-state index in [4.69, 9.17) is 27.9 Å². The van der Waals surface area contributed by atoms with E-state index in [9.17, 15) is 14.7 Å². The molecule has 3 aromatic carbocycles. The van der Waals surface area contributed by atoms with Gasteiger partial charge < -0.3 is 25.8 Å². The maximum atomic E-state index is 16.2. The van der Waals surface area contributed by atoms with Crippen LogP contribution in [0, 0.1) is 17.0 Å². The number of rotatable bonds is 11. The van der Waals surface area contributed by atoms with Crippen molar-refractivity contribution in [2.24, 2.45) is 5.41 Å². The first-order valence-electron chi connectivity index (χ1n) is 14.8. The average Bonchev–Trinajstić information content (AvgIpc) is 3.27. The lowest BCUT2D eigenvalue weighted by molar-refractivity contribution is -0.118. The molecule has 7 nitrogen and oxygen atoms in total. The number of halogens is 4. The molecule has 11 heteroatoms. The minimum atomic E-state index is -1.19. The Hall–Kier alpha value is -3.24. The number of hydrogen-bond acceptors (Lipinski definition) is 5. The topological polar surface area (TPSA) is 99.7 Å². The summed E-state index contributed by atoms with van der Waals surface area (Å²) in [6.45, 7) is 8.98. The van der Waals surface area contributed by atoms with Crippen molar-refractivity contribution in [3.8, 4) is 5.75 Å². The summed E-state index contributed by atoms with van der Waals surface area (Å²) in [6, 6.07) is 11.6. The van der Waals surface area contributed by atoms with Crippen molar-refractivity contribution < 1.29 is 28.2 Å². The van der Waals surface area contributed by atoms with Gasteiger partial charge in [0.15, 0.2) is 0 Å². The average molecular weight is 663 g/mol. The molecular weight excluding hydrogens is 623 g/mol. The summed E-state index contributed by atoms with van der Waals surface area (Å²) in [5, 5.41) is 19.3. The van der Waals surface area contributed by atoms with Gasteiger partial charge in [-0.25, -0.2) is 13.6 Å². The van der Waals surface area contributed by atoms with Gasteiger partial charge in [-0.3, -0.25) is 4.79 Å². The highest BCUT2D eigenvalue weighted by atomic mass is 35.5. The van der Waals surface area contributed by atoms with Gasteiger partial charge >= 0.3 is 5.97 Å². The number of hydrogen-bond donors (Lipinski definition) is 4. The molecule has 0 aromatic heterocycles. The van der Waals surface area contributed by atoms with Crippen molar-refractivity contribution in [2.45, 2.75) is 64.0 Å². The molecule has 242 valence electrons. The molecule has 0 aliphatic carbocycles. The molecule has 3 aromatic rings. The number of carbonyl (C=O) groups excluding carboxylic acids is 1. The summed E-state index contributed by atoms with van der Waals surface area (Å²) in [5.41, 5.74) is -0.817. The predicted molar refractivity (Wildman–Crippen MR) is 174 cm³/mol. The standard InChI is InChI=1S/C34H39Cl2F2N3O4/c1-6-14-39-18-34(22-12-11-20(35)16-24(22)37)27(17-33(2,3)4)41-30(28(34)21-8-7-9-23(36)29(21)38)31(42)40-25-13-10-19(32(43)44)15-26(25)45-5/h7-13,15-16,27-28,30,39,41H,6,14,17-18H2,1-5H3,(H,40,42)(H,43,44)/t27-,28-,30+,34-/m0/s1. The first-order chi connectivity index (χ1) is 21.2. The van der Waals surface area contributed by atoms with Gasteiger partial charge in [0, 0.05) is 28.9 Å². The molecule has 0 radical (unpaired) electrons. The Morgan fingerprint density at radius 1 is 1.09 bits per heavy atom. The van der Waals surface area contributed by atoms with E-state index in [0.717, 1.165) is 6.42 Å². The lowest BCUT2D eigenvalue weighted by Gasteiger charge is -2.43. The zero-order valence-corrected chi connectivity index (χ0v) is 27.5. The summed E-state index contributed by atoms with van der Waals surface area (Å²) in [6.07, 6.45) is 1.30. The van der Waals surface area contributed by atoms with Crippen LogP contribution in [0.15, 0.2) is 54.6 Å². The molecule has 0 saturated carbocycles. The van der Waals surface area contributed by atoms with E-state index in [2.05, 4.69) is 16.0 Å². The van der Waals surface area contributed by atoms with Crippen molar-refractivity contribution in [3.63, 3.8) is 0 Å². The van der Waals surface area contributed by atoms with Gasteiger partial charge in [0.2, 0.25) is 5.91 Å². The second-order valence-electron chi connectivity index (χ2n) is 12.6. The maximum Gasteiger partial charge on any atom is 0.335 e. The molecule has 1 aliphatic rings. The van der Waals surface area contributed by atoms with Crippen molar-refractivity contribution in [1.82, 2.24) is 10.6 Å². The van der Waals surface area contributed by atoms with Crippen LogP contribution < -0.4 is 20.7 Å². The lowest BCUT2D eigenvalue weighted by atomic mass is 9.61. The summed E-state index contributed by atoms with van der Waals surface area (Å²) in [7, 11) is 1.36. The van der Waals surface area contributed by atoms with E-state index < -0.39 is 46.9 Å². The third-order valence-corrected chi connectivity index (χ3v) is 8.82. The fourth-order valence-corrected chi connectivity index (χ4v) is 6.78. The first-order valence-corrected chi connectivity index (χ1v) is 15.6. The molecule has 1 aliphatic heterocycles.